The summed E-state index contributed by atoms with van der Waals surface area (Å²) in [7, 11) is 0. The van der Waals surface area contributed by atoms with Crippen molar-refractivity contribution in [3.05, 3.63) is 96.1 Å². The second-order valence-electron chi connectivity index (χ2n) is 8.49. The Morgan fingerprint density at radius 2 is 1.47 bits per heavy atom. The Balaban J connectivity index is 0.00000324. The number of carbonyl (C=O) groups is 1. The van der Waals surface area contributed by atoms with Crippen LogP contribution in [0.4, 0.5) is 5.69 Å². The number of hydrogen-bond donors (Lipinski definition) is 1. The molecule has 1 aliphatic rings. The minimum Gasteiger partial charge on any atom is -0.490 e. The highest BCUT2D eigenvalue weighted by Crippen LogP contribution is 2.21. The van der Waals surface area contributed by atoms with Crippen LogP contribution in [-0.2, 0) is 6.42 Å². The number of para-hydroxylation sites is 2. The van der Waals surface area contributed by atoms with Gasteiger partial charge in [-0.15, -0.1) is 12.4 Å². The molecule has 1 fully saturated rings. The van der Waals surface area contributed by atoms with Gasteiger partial charge in [0.2, 0.25) is 0 Å². The smallest absolute Gasteiger partial charge is 0.166 e. The number of anilines is 1. The van der Waals surface area contributed by atoms with E-state index in [0.717, 1.165) is 31.7 Å². The van der Waals surface area contributed by atoms with E-state index in [9.17, 15) is 9.90 Å². The molecule has 0 saturated carbocycles. The number of aliphatic hydroxyl groups is 1. The molecule has 6 heteroatoms. The van der Waals surface area contributed by atoms with Gasteiger partial charge < -0.3 is 14.7 Å². The first-order chi connectivity index (χ1) is 16.2. The molecule has 0 amide bonds. The predicted molar refractivity (Wildman–Crippen MR) is 139 cm³/mol. The summed E-state index contributed by atoms with van der Waals surface area (Å²) in [5.74, 6) is 0.601. The van der Waals surface area contributed by atoms with E-state index < -0.39 is 6.10 Å². The molecule has 0 aromatic heterocycles. The second-order valence-corrected chi connectivity index (χ2v) is 8.49. The number of rotatable bonds is 10. The van der Waals surface area contributed by atoms with Crippen molar-refractivity contribution in [1.29, 1.82) is 0 Å². The van der Waals surface area contributed by atoms with Gasteiger partial charge in [-0.25, -0.2) is 0 Å². The quantitative estimate of drug-likeness (QED) is 0.433. The molecule has 0 bridgehead atoms. The minimum absolute atomic E-state index is 0. The van der Waals surface area contributed by atoms with Gasteiger partial charge in [0, 0.05) is 44.8 Å². The molecular weight excluding hydrogens is 448 g/mol. The van der Waals surface area contributed by atoms with Crippen molar-refractivity contribution in [2.75, 3.05) is 44.2 Å². The van der Waals surface area contributed by atoms with Crippen LogP contribution in [0, 0.1) is 0 Å². The van der Waals surface area contributed by atoms with Crippen LogP contribution in [0.5, 0.6) is 5.75 Å². The van der Waals surface area contributed by atoms with Gasteiger partial charge in [0.15, 0.2) is 5.78 Å². The van der Waals surface area contributed by atoms with Crippen LogP contribution < -0.4 is 9.64 Å². The van der Waals surface area contributed by atoms with E-state index in [1.54, 1.807) is 12.1 Å². The van der Waals surface area contributed by atoms with Crippen LogP contribution in [0.2, 0.25) is 0 Å². The summed E-state index contributed by atoms with van der Waals surface area (Å²) < 4.78 is 5.90. The van der Waals surface area contributed by atoms with Gasteiger partial charge in [-0.2, -0.15) is 0 Å². The average molecular weight is 481 g/mol. The Bertz CT molecular complexity index is 1010. The number of benzene rings is 3. The lowest BCUT2D eigenvalue weighted by Crippen LogP contribution is -2.49. The van der Waals surface area contributed by atoms with E-state index in [0.29, 0.717) is 30.7 Å². The fourth-order valence-electron chi connectivity index (χ4n) is 4.22. The van der Waals surface area contributed by atoms with E-state index in [1.165, 1.54) is 5.69 Å². The first kappa shape index (κ1) is 25.8. The van der Waals surface area contributed by atoms with Crippen molar-refractivity contribution >= 4 is 23.9 Å². The largest absolute Gasteiger partial charge is 0.490 e. The summed E-state index contributed by atoms with van der Waals surface area (Å²) in [6.45, 7) is 4.42. The summed E-state index contributed by atoms with van der Waals surface area (Å²) in [6.07, 6.45) is 0.519. The summed E-state index contributed by atoms with van der Waals surface area (Å²) in [6, 6.07) is 27.8. The predicted octanol–water partition coefficient (Wildman–Crippen LogP) is 4.49. The molecule has 180 valence electrons. The van der Waals surface area contributed by atoms with Crippen molar-refractivity contribution in [3.63, 3.8) is 0 Å². The molecule has 3 aromatic rings. The van der Waals surface area contributed by atoms with Crippen molar-refractivity contribution < 1.29 is 14.6 Å². The highest BCUT2D eigenvalue weighted by atomic mass is 35.5. The van der Waals surface area contributed by atoms with Crippen LogP contribution in [0.3, 0.4) is 0 Å². The van der Waals surface area contributed by atoms with Gasteiger partial charge in [-0.3, -0.25) is 9.69 Å². The summed E-state index contributed by atoms with van der Waals surface area (Å²) in [4.78, 5) is 17.4. The highest BCUT2D eigenvalue weighted by molar-refractivity contribution is 5.98. The number of aliphatic hydroxyl groups excluding tert-OH is 1. The number of nitrogens with zero attached hydrogens (tertiary/aromatic N) is 2. The lowest BCUT2D eigenvalue weighted by atomic mass is 10.0. The third kappa shape index (κ3) is 7.32. The van der Waals surface area contributed by atoms with Gasteiger partial charge in [0.25, 0.3) is 0 Å². The van der Waals surface area contributed by atoms with E-state index >= 15 is 0 Å². The maximum atomic E-state index is 12.8. The first-order valence-corrected chi connectivity index (χ1v) is 11.7. The van der Waals surface area contributed by atoms with Crippen LogP contribution in [0.1, 0.15) is 22.3 Å². The third-order valence-corrected chi connectivity index (χ3v) is 6.06. The molecule has 1 atom stereocenters. The molecule has 1 unspecified atom stereocenters. The van der Waals surface area contributed by atoms with Gasteiger partial charge in [0.1, 0.15) is 18.5 Å². The van der Waals surface area contributed by atoms with E-state index in [2.05, 4.69) is 34.1 Å². The number of aryl methyl sites for hydroxylation is 1. The Hall–Kier alpha value is -2.86. The normalized spacial score (nSPS) is 14.8. The van der Waals surface area contributed by atoms with E-state index in [4.69, 9.17) is 4.74 Å². The zero-order valence-electron chi connectivity index (χ0n) is 19.4. The van der Waals surface area contributed by atoms with Gasteiger partial charge in [0.05, 0.1) is 5.56 Å². The molecule has 0 radical (unpaired) electrons. The van der Waals surface area contributed by atoms with Crippen molar-refractivity contribution in [2.45, 2.75) is 18.9 Å². The Morgan fingerprint density at radius 1 is 0.853 bits per heavy atom. The van der Waals surface area contributed by atoms with Crippen LogP contribution in [-0.4, -0.2) is 61.2 Å². The Morgan fingerprint density at radius 3 is 2.18 bits per heavy atom. The zero-order valence-corrected chi connectivity index (χ0v) is 20.2. The summed E-state index contributed by atoms with van der Waals surface area (Å²) >= 11 is 0. The van der Waals surface area contributed by atoms with Gasteiger partial charge in [-0.05, 0) is 36.2 Å². The third-order valence-electron chi connectivity index (χ3n) is 6.06. The molecule has 34 heavy (non-hydrogen) atoms. The van der Waals surface area contributed by atoms with Crippen LogP contribution >= 0.6 is 12.4 Å². The second kappa shape index (κ2) is 13.1. The number of Topliss-reactive ketones (excluding diaryl/α,β-unsaturated/α-hetero) is 1. The molecule has 1 saturated heterocycles. The zero-order chi connectivity index (χ0) is 22.9. The van der Waals surface area contributed by atoms with Crippen LogP contribution in [0.25, 0.3) is 0 Å². The maximum Gasteiger partial charge on any atom is 0.166 e. The maximum absolute atomic E-state index is 12.8. The topological polar surface area (TPSA) is 53.0 Å². The van der Waals surface area contributed by atoms with Crippen molar-refractivity contribution in [1.82, 2.24) is 4.90 Å². The fraction of sp³-hybridized carbons (Fsp3) is 0.321. The summed E-state index contributed by atoms with van der Waals surface area (Å²) in [5, 5.41) is 10.6. The SMILES string of the molecule is Cl.O=C(CCc1ccccc1)c1ccccc1OCC(O)CN1CCN(c2ccccc2)CC1. The number of hydrogen-bond acceptors (Lipinski definition) is 5. The van der Waals surface area contributed by atoms with Crippen molar-refractivity contribution in [3.8, 4) is 5.75 Å². The standard InChI is InChI=1S/C28H32N2O3.ClH/c31-25(21-29-17-19-30(20-18-29)24-11-5-2-6-12-24)22-33-28-14-8-7-13-26(28)27(32)16-15-23-9-3-1-4-10-23;/h1-14,25,31H,15-22H2;1H. The number of ketones is 1. The summed E-state index contributed by atoms with van der Waals surface area (Å²) in [5.41, 5.74) is 2.97. The highest BCUT2D eigenvalue weighted by Gasteiger charge is 2.20. The lowest BCUT2D eigenvalue weighted by Gasteiger charge is -2.36. The van der Waals surface area contributed by atoms with E-state index in [-0.39, 0.29) is 24.8 Å². The average Bonchev–Trinajstić information content (AvgIpc) is 2.88. The number of ether oxygens (including phenoxy) is 1. The minimum atomic E-state index is -0.610. The Labute approximate surface area is 208 Å². The van der Waals surface area contributed by atoms with Crippen LogP contribution in [0.15, 0.2) is 84.9 Å². The Kier molecular flexibility index (Phi) is 9.95. The molecule has 1 N–H and O–H groups in total. The van der Waals surface area contributed by atoms with E-state index in [1.807, 2.05) is 48.5 Å². The van der Waals surface area contributed by atoms with Gasteiger partial charge in [-0.1, -0.05) is 60.7 Å². The lowest BCUT2D eigenvalue weighted by molar-refractivity contribution is 0.0655. The number of halogens is 1. The number of carbonyl (C=O) groups excluding carboxylic acids is 1. The molecule has 0 aliphatic carbocycles. The van der Waals surface area contributed by atoms with Crippen molar-refractivity contribution in [2.24, 2.45) is 0 Å². The first-order valence-electron chi connectivity index (χ1n) is 11.7. The molecule has 5 nitrogen and oxygen atoms in total. The molecule has 3 aromatic carbocycles. The molecule has 0 spiro atoms. The molecular formula is C28H33ClN2O3. The molecule has 1 heterocycles. The van der Waals surface area contributed by atoms with Gasteiger partial charge >= 0.3 is 0 Å². The monoisotopic (exact) mass is 480 g/mol. The number of β-amino-alcohol motifs (C(OH)–C–C–N with tert-alkyl or cyclic N) is 1. The fourth-order valence-corrected chi connectivity index (χ4v) is 4.22. The number of piperazine rings is 1. The molecule has 4 rings (SSSR count). The molecule has 1 aliphatic heterocycles.